The monoisotopic (exact) mass is 379 g/mol. The highest BCUT2D eigenvalue weighted by molar-refractivity contribution is 7.89. The summed E-state index contributed by atoms with van der Waals surface area (Å²) in [4.78, 5) is 0.315. The van der Waals surface area contributed by atoms with Crippen molar-refractivity contribution in [3.05, 3.63) is 42.5 Å². The summed E-state index contributed by atoms with van der Waals surface area (Å²) >= 11 is 0. The van der Waals surface area contributed by atoms with Crippen LogP contribution in [0.1, 0.15) is 63.9 Å². The quantitative estimate of drug-likeness (QED) is 0.472. The van der Waals surface area contributed by atoms with Gasteiger partial charge in [0.05, 0.1) is 17.1 Å². The minimum absolute atomic E-state index is 0.00368. The van der Waals surface area contributed by atoms with Gasteiger partial charge in [0.1, 0.15) is 0 Å². The summed E-state index contributed by atoms with van der Waals surface area (Å²) in [6.07, 6.45) is 9.98. The number of rotatable bonds is 10. The lowest BCUT2D eigenvalue weighted by Crippen LogP contribution is -2.47. The molecule has 1 aliphatic rings. The first-order chi connectivity index (χ1) is 12.5. The first-order valence-corrected chi connectivity index (χ1v) is 11.3. The molecule has 1 N–H and O–H groups in total. The molecule has 1 aromatic rings. The number of sulfonamides is 1. The van der Waals surface area contributed by atoms with E-state index >= 15 is 0 Å². The van der Waals surface area contributed by atoms with E-state index in [-0.39, 0.29) is 18.2 Å². The summed E-state index contributed by atoms with van der Waals surface area (Å²) in [6.45, 7) is 8.03. The van der Waals surface area contributed by atoms with Crippen LogP contribution in [0.25, 0.3) is 0 Å². The maximum Gasteiger partial charge on any atom is 0.240 e. The zero-order valence-corrected chi connectivity index (χ0v) is 16.9. The summed E-state index contributed by atoms with van der Waals surface area (Å²) in [5, 5.41) is 0. The second-order valence-electron chi connectivity index (χ2n) is 7.27. The van der Waals surface area contributed by atoms with E-state index in [1.54, 1.807) is 12.1 Å². The van der Waals surface area contributed by atoms with Crippen LogP contribution in [0.2, 0.25) is 0 Å². The van der Waals surface area contributed by atoms with Gasteiger partial charge in [-0.2, -0.15) is 0 Å². The highest BCUT2D eigenvalue weighted by Crippen LogP contribution is 2.25. The van der Waals surface area contributed by atoms with Gasteiger partial charge in [0.25, 0.3) is 0 Å². The smallest absolute Gasteiger partial charge is 0.240 e. The van der Waals surface area contributed by atoms with Crippen LogP contribution in [0, 0.1) is 6.92 Å². The predicted octanol–water partition coefficient (Wildman–Crippen LogP) is 4.74. The molecule has 146 valence electrons. The SMILES string of the molecule is C=CC(CCCCC)O[C@H]1CCCC[C@@H]1NS(=O)(=O)c1ccc(C)cc1. The normalized spacial score (nSPS) is 22.1. The van der Waals surface area contributed by atoms with Crippen molar-refractivity contribution in [1.82, 2.24) is 4.72 Å². The molecule has 0 spiro atoms. The number of benzene rings is 1. The molecule has 1 fully saturated rings. The maximum absolute atomic E-state index is 12.7. The highest BCUT2D eigenvalue weighted by Gasteiger charge is 2.31. The fourth-order valence-electron chi connectivity index (χ4n) is 3.44. The predicted molar refractivity (Wildman–Crippen MR) is 107 cm³/mol. The van der Waals surface area contributed by atoms with Gasteiger partial charge in [-0.3, -0.25) is 0 Å². The van der Waals surface area contributed by atoms with E-state index in [0.717, 1.165) is 44.1 Å². The van der Waals surface area contributed by atoms with E-state index in [1.807, 2.05) is 25.1 Å². The molecule has 1 saturated carbocycles. The zero-order valence-electron chi connectivity index (χ0n) is 16.1. The third-order valence-corrected chi connectivity index (χ3v) is 6.55. The molecule has 0 aliphatic heterocycles. The van der Waals surface area contributed by atoms with Gasteiger partial charge < -0.3 is 4.74 Å². The summed E-state index contributed by atoms with van der Waals surface area (Å²) < 4.78 is 34.6. The third-order valence-electron chi connectivity index (χ3n) is 5.05. The lowest BCUT2D eigenvalue weighted by atomic mass is 9.93. The van der Waals surface area contributed by atoms with Crippen molar-refractivity contribution < 1.29 is 13.2 Å². The molecule has 26 heavy (non-hydrogen) atoms. The molecule has 0 aromatic heterocycles. The molecule has 1 aromatic carbocycles. The van der Waals surface area contributed by atoms with Gasteiger partial charge >= 0.3 is 0 Å². The Morgan fingerprint density at radius 2 is 1.92 bits per heavy atom. The van der Waals surface area contributed by atoms with Crippen LogP contribution < -0.4 is 4.72 Å². The van der Waals surface area contributed by atoms with Gasteiger partial charge in [-0.15, -0.1) is 6.58 Å². The average molecular weight is 380 g/mol. The van der Waals surface area contributed by atoms with Gasteiger partial charge in [0.15, 0.2) is 0 Å². The number of ether oxygens (including phenoxy) is 1. The summed E-state index contributed by atoms with van der Waals surface area (Å²) in [6, 6.07) is 6.79. The Kier molecular flexibility index (Phi) is 8.32. The lowest BCUT2D eigenvalue weighted by Gasteiger charge is -2.34. The van der Waals surface area contributed by atoms with Crippen molar-refractivity contribution in [3.8, 4) is 0 Å². The van der Waals surface area contributed by atoms with Crippen LogP contribution in [-0.4, -0.2) is 26.7 Å². The van der Waals surface area contributed by atoms with E-state index in [4.69, 9.17) is 4.74 Å². The Bertz CT molecular complexity index is 654. The van der Waals surface area contributed by atoms with Crippen molar-refractivity contribution in [2.45, 2.75) is 88.4 Å². The van der Waals surface area contributed by atoms with Crippen molar-refractivity contribution in [2.24, 2.45) is 0 Å². The zero-order chi connectivity index (χ0) is 19.0. The fraction of sp³-hybridized carbons (Fsp3) is 0.619. The van der Waals surface area contributed by atoms with Gasteiger partial charge in [-0.25, -0.2) is 13.1 Å². The van der Waals surface area contributed by atoms with Crippen LogP contribution in [0.3, 0.4) is 0 Å². The van der Waals surface area contributed by atoms with Crippen molar-refractivity contribution in [1.29, 1.82) is 0 Å². The maximum atomic E-state index is 12.7. The summed E-state index contributed by atoms with van der Waals surface area (Å²) in [7, 11) is -3.53. The molecular formula is C21H33NO3S. The molecule has 5 heteroatoms. The number of hydrogen-bond donors (Lipinski definition) is 1. The number of unbranched alkanes of at least 4 members (excludes halogenated alkanes) is 2. The second-order valence-corrected chi connectivity index (χ2v) is 8.98. The average Bonchev–Trinajstić information content (AvgIpc) is 2.62. The molecule has 1 aliphatic carbocycles. The van der Waals surface area contributed by atoms with E-state index in [1.165, 1.54) is 12.8 Å². The molecule has 4 nitrogen and oxygen atoms in total. The largest absolute Gasteiger partial charge is 0.369 e. The Morgan fingerprint density at radius 3 is 2.58 bits per heavy atom. The van der Waals surface area contributed by atoms with E-state index in [0.29, 0.717) is 4.90 Å². The van der Waals surface area contributed by atoms with Gasteiger partial charge in [0, 0.05) is 6.04 Å². The standard InChI is InChI=1S/C21H33NO3S/c1-4-6-7-10-18(5-2)25-21-12-9-8-11-20(21)22-26(23,24)19-15-13-17(3)14-16-19/h5,13-16,18,20-22H,2,4,6-12H2,1,3H3/t18?,20-,21-/m0/s1. The van der Waals surface area contributed by atoms with Crippen LogP contribution in [0.15, 0.2) is 41.8 Å². The Labute approximate surface area is 159 Å². The Balaban J connectivity index is 2.03. The summed E-state index contributed by atoms with van der Waals surface area (Å²) in [5.74, 6) is 0. The number of aryl methyl sites for hydroxylation is 1. The number of hydrogen-bond acceptors (Lipinski definition) is 3. The van der Waals surface area contributed by atoms with Crippen LogP contribution in [0.4, 0.5) is 0 Å². The molecule has 2 rings (SSSR count). The van der Waals surface area contributed by atoms with Crippen molar-refractivity contribution in [2.75, 3.05) is 0 Å². The topological polar surface area (TPSA) is 55.4 Å². The first kappa shape index (κ1) is 21.1. The van der Waals surface area contributed by atoms with Crippen molar-refractivity contribution >= 4 is 10.0 Å². The van der Waals surface area contributed by atoms with E-state index in [2.05, 4.69) is 18.2 Å². The minimum atomic E-state index is -3.53. The first-order valence-electron chi connectivity index (χ1n) is 9.83. The Hall–Kier alpha value is -1.17. The fourth-order valence-corrected chi connectivity index (χ4v) is 4.74. The lowest BCUT2D eigenvalue weighted by molar-refractivity contribution is -0.0254. The molecule has 0 bridgehead atoms. The minimum Gasteiger partial charge on any atom is -0.369 e. The van der Waals surface area contributed by atoms with Crippen LogP contribution >= 0.6 is 0 Å². The second kappa shape index (κ2) is 10.2. The van der Waals surface area contributed by atoms with Crippen molar-refractivity contribution in [3.63, 3.8) is 0 Å². The molecule has 0 saturated heterocycles. The summed E-state index contributed by atoms with van der Waals surface area (Å²) in [5.41, 5.74) is 1.05. The van der Waals surface area contributed by atoms with Crippen LogP contribution in [0.5, 0.6) is 0 Å². The molecule has 0 radical (unpaired) electrons. The molecular weight excluding hydrogens is 346 g/mol. The van der Waals surface area contributed by atoms with E-state index < -0.39 is 10.0 Å². The molecule has 1 unspecified atom stereocenters. The molecule has 3 atom stereocenters. The molecule has 0 amide bonds. The Morgan fingerprint density at radius 1 is 1.23 bits per heavy atom. The molecule has 0 heterocycles. The van der Waals surface area contributed by atoms with E-state index in [9.17, 15) is 8.42 Å². The van der Waals surface area contributed by atoms with Crippen LogP contribution in [-0.2, 0) is 14.8 Å². The van der Waals surface area contributed by atoms with Gasteiger partial charge in [0.2, 0.25) is 10.0 Å². The number of nitrogens with one attached hydrogen (secondary N) is 1. The highest BCUT2D eigenvalue weighted by atomic mass is 32.2. The van der Waals surface area contributed by atoms with Gasteiger partial charge in [-0.1, -0.05) is 62.8 Å². The van der Waals surface area contributed by atoms with Gasteiger partial charge in [-0.05, 0) is 38.3 Å². The third kappa shape index (κ3) is 6.22.